The molecule has 0 amide bonds. The number of hydrogen-bond acceptors (Lipinski definition) is 6. The molecule has 0 aliphatic rings. The van der Waals surface area contributed by atoms with Gasteiger partial charge in [0.15, 0.2) is 23.3 Å². The maximum absolute atomic E-state index is 13.9. The molecule has 0 spiro atoms. The summed E-state index contributed by atoms with van der Waals surface area (Å²) in [5, 5.41) is 19.8. The fourth-order valence-electron chi connectivity index (χ4n) is 2.47. The quantitative estimate of drug-likeness (QED) is 0.0648. The van der Waals surface area contributed by atoms with Gasteiger partial charge < -0.3 is 5.11 Å². The van der Waals surface area contributed by atoms with E-state index in [1.54, 1.807) is 0 Å². The summed E-state index contributed by atoms with van der Waals surface area (Å²) in [5.41, 5.74) is 0. The van der Waals surface area contributed by atoms with Gasteiger partial charge in [-0.05, 0) is 18.6 Å². The van der Waals surface area contributed by atoms with Crippen molar-refractivity contribution in [3.8, 4) is 0 Å². The van der Waals surface area contributed by atoms with Gasteiger partial charge in [-0.3, -0.25) is 0 Å². The fourth-order valence-corrected chi connectivity index (χ4v) is 3.88. The maximum atomic E-state index is 13.9. The highest BCUT2D eigenvalue weighted by atomic mass is 32.2. The lowest BCUT2D eigenvalue weighted by molar-refractivity contribution is -0.432. The predicted molar refractivity (Wildman–Crippen MR) is 96.3 cm³/mol. The molecule has 0 saturated heterocycles. The Morgan fingerprint density at radius 3 is 1.59 bits per heavy atom. The first-order valence-corrected chi connectivity index (χ1v) is 10.5. The monoisotopic (exact) mass is 432 g/mol. The van der Waals surface area contributed by atoms with Crippen molar-refractivity contribution < 1.29 is 37.3 Å². The summed E-state index contributed by atoms with van der Waals surface area (Å²) >= 11 is 0.560. The lowest BCUT2D eigenvalue weighted by Crippen LogP contribution is -2.02. The Labute approximate surface area is 164 Å². The van der Waals surface area contributed by atoms with Gasteiger partial charge in [0.1, 0.15) is 4.90 Å². The van der Waals surface area contributed by atoms with E-state index in [1.165, 1.54) is 0 Å². The van der Waals surface area contributed by atoms with Gasteiger partial charge in [0.05, 0.1) is 16.9 Å². The summed E-state index contributed by atoms with van der Waals surface area (Å²) in [5.74, 6) is -5.85. The van der Waals surface area contributed by atoms with Gasteiger partial charge in [0.25, 0.3) is 0 Å². The zero-order valence-electron chi connectivity index (χ0n) is 14.8. The third kappa shape index (κ3) is 8.57. The Morgan fingerprint density at radius 2 is 1.11 bits per heavy atom. The van der Waals surface area contributed by atoms with Crippen LogP contribution in [0.1, 0.15) is 57.8 Å². The van der Waals surface area contributed by atoms with Gasteiger partial charge in [0.2, 0.25) is 0 Å². The van der Waals surface area contributed by atoms with E-state index in [0.29, 0.717) is 12.2 Å². The number of hydrogen-bond donors (Lipinski definition) is 2. The number of aliphatic hydroxyl groups is 1. The van der Waals surface area contributed by atoms with E-state index in [-0.39, 0.29) is 18.6 Å². The summed E-state index contributed by atoms with van der Waals surface area (Å²) in [6.07, 6.45) is 8.81. The van der Waals surface area contributed by atoms with Crippen LogP contribution >= 0.6 is 23.8 Å². The van der Waals surface area contributed by atoms with Crippen LogP contribution in [0.2, 0.25) is 0 Å². The minimum atomic E-state index is -1.60. The summed E-state index contributed by atoms with van der Waals surface area (Å²) in [6, 6.07) is 0. The van der Waals surface area contributed by atoms with Gasteiger partial charge in [-0.15, -0.1) is 16.1 Å². The van der Waals surface area contributed by atoms with Crippen LogP contribution in [0.15, 0.2) is 9.79 Å². The molecule has 4 nitrogen and oxygen atoms in total. The number of rotatable bonds is 15. The second-order valence-electron chi connectivity index (χ2n) is 5.89. The van der Waals surface area contributed by atoms with Crippen molar-refractivity contribution >= 4 is 23.8 Å². The van der Waals surface area contributed by atoms with E-state index >= 15 is 0 Å². The Morgan fingerprint density at radius 1 is 0.667 bits per heavy atom. The van der Waals surface area contributed by atoms with E-state index in [9.17, 15) is 17.6 Å². The Hall–Kier alpha value is -0.520. The molecule has 0 unspecified atom stereocenters. The van der Waals surface area contributed by atoms with Crippen LogP contribution in [0.3, 0.4) is 0 Å². The number of unbranched alkanes of at least 4 members (excludes halogenated alkanes) is 8. The maximum Gasteiger partial charge on any atom is 0.179 e. The van der Waals surface area contributed by atoms with Crippen LogP contribution < -0.4 is 0 Å². The van der Waals surface area contributed by atoms with Crippen molar-refractivity contribution in [3.05, 3.63) is 23.3 Å². The molecule has 0 aliphatic carbocycles. The second-order valence-corrected chi connectivity index (χ2v) is 7.71. The Bertz CT molecular complexity index is 535. The van der Waals surface area contributed by atoms with Gasteiger partial charge in [-0.1, -0.05) is 50.0 Å². The molecule has 0 atom stereocenters. The molecule has 1 aromatic rings. The van der Waals surface area contributed by atoms with Crippen molar-refractivity contribution in [3.63, 3.8) is 0 Å². The molecule has 0 aromatic heterocycles. The van der Waals surface area contributed by atoms with Gasteiger partial charge in [0, 0.05) is 6.61 Å². The van der Waals surface area contributed by atoms with Crippen molar-refractivity contribution in [1.29, 1.82) is 0 Å². The molecule has 156 valence electrons. The Kier molecular flexibility index (Phi) is 13.1. The Balaban J connectivity index is 2.34. The first-order chi connectivity index (χ1) is 13.0. The minimum Gasteiger partial charge on any atom is -0.396 e. The molecular formula is C17H24F4O4S2. The minimum absolute atomic E-state index is 0.168. The van der Waals surface area contributed by atoms with Crippen molar-refractivity contribution in [1.82, 2.24) is 0 Å². The second kappa shape index (κ2) is 14.5. The highest BCUT2D eigenvalue weighted by Crippen LogP contribution is 2.36. The number of thioether (sulfide) groups is 1. The van der Waals surface area contributed by atoms with Crippen molar-refractivity contribution in [2.24, 2.45) is 0 Å². The summed E-state index contributed by atoms with van der Waals surface area (Å²) in [4.78, 5) is -1.77. The molecule has 2 N–H and O–H groups in total. The molecule has 0 saturated carbocycles. The summed E-state index contributed by atoms with van der Waals surface area (Å²) < 4.78 is 59.3. The van der Waals surface area contributed by atoms with E-state index in [1.807, 2.05) is 0 Å². The van der Waals surface area contributed by atoms with E-state index in [2.05, 4.69) is 9.37 Å². The molecule has 0 heterocycles. The smallest absolute Gasteiger partial charge is 0.179 e. The van der Waals surface area contributed by atoms with Crippen LogP contribution in [0, 0.1) is 23.3 Å². The van der Waals surface area contributed by atoms with E-state index < -0.39 is 33.1 Å². The number of benzene rings is 1. The fraction of sp³-hybridized carbons (Fsp3) is 0.647. The molecule has 1 aromatic carbocycles. The standard InChI is InChI=1S/C17H24F4O4S2/c18-12-14(20)17(27-25-24-23)15(21)13(19)16(12)26-11-9-7-5-3-1-2-4-6-8-10-22/h22-23H,1-11H2. The lowest BCUT2D eigenvalue weighted by Gasteiger charge is -2.10. The van der Waals surface area contributed by atoms with Gasteiger partial charge in [-0.2, -0.15) is 0 Å². The van der Waals surface area contributed by atoms with Crippen LogP contribution in [0.4, 0.5) is 17.6 Å². The summed E-state index contributed by atoms with van der Waals surface area (Å²) in [6.45, 7) is 0.235. The third-order valence-electron chi connectivity index (χ3n) is 3.88. The van der Waals surface area contributed by atoms with Crippen LogP contribution in [-0.2, 0) is 9.37 Å². The van der Waals surface area contributed by atoms with Crippen LogP contribution in [-0.4, -0.2) is 22.7 Å². The highest BCUT2D eigenvalue weighted by molar-refractivity contribution is 7.99. The third-order valence-corrected chi connectivity index (χ3v) is 5.67. The molecule has 0 bridgehead atoms. The van der Waals surface area contributed by atoms with Crippen molar-refractivity contribution in [2.75, 3.05) is 12.4 Å². The zero-order chi connectivity index (χ0) is 20.1. The van der Waals surface area contributed by atoms with E-state index in [0.717, 1.165) is 63.1 Å². The molecule has 0 fully saturated rings. The van der Waals surface area contributed by atoms with E-state index in [4.69, 9.17) is 10.4 Å². The first-order valence-electron chi connectivity index (χ1n) is 8.78. The largest absolute Gasteiger partial charge is 0.396 e. The van der Waals surface area contributed by atoms with Gasteiger partial charge >= 0.3 is 0 Å². The molecule has 0 aliphatic heterocycles. The molecule has 1 rings (SSSR count). The molecule has 27 heavy (non-hydrogen) atoms. The van der Waals surface area contributed by atoms with Crippen LogP contribution in [0.25, 0.3) is 0 Å². The number of halogens is 4. The number of aliphatic hydroxyl groups excluding tert-OH is 1. The highest BCUT2D eigenvalue weighted by Gasteiger charge is 2.26. The summed E-state index contributed by atoms with van der Waals surface area (Å²) in [7, 11) is 0. The van der Waals surface area contributed by atoms with Gasteiger partial charge in [-0.25, -0.2) is 22.8 Å². The predicted octanol–water partition coefficient (Wildman–Crippen LogP) is 6.27. The topological polar surface area (TPSA) is 58.9 Å². The van der Waals surface area contributed by atoms with Crippen molar-refractivity contribution in [2.45, 2.75) is 67.6 Å². The first kappa shape index (κ1) is 24.5. The molecule has 10 heteroatoms. The van der Waals surface area contributed by atoms with Crippen LogP contribution in [0.5, 0.6) is 0 Å². The molecular weight excluding hydrogens is 408 g/mol. The average molecular weight is 433 g/mol. The molecule has 0 radical (unpaired) electrons. The zero-order valence-corrected chi connectivity index (χ0v) is 16.5. The normalized spacial score (nSPS) is 11.3. The SMILES string of the molecule is OCCCCCCCCCCCSc1c(F)c(F)c(SOOO)c(F)c1F. The lowest BCUT2D eigenvalue weighted by atomic mass is 10.1. The average Bonchev–Trinajstić information content (AvgIpc) is 2.67.